The quantitative estimate of drug-likeness (QED) is 0.330. The van der Waals surface area contributed by atoms with E-state index in [-0.39, 0.29) is 17.9 Å². The summed E-state index contributed by atoms with van der Waals surface area (Å²) in [7, 11) is 0. The summed E-state index contributed by atoms with van der Waals surface area (Å²) in [6, 6.07) is 15.5. The highest BCUT2D eigenvalue weighted by atomic mass is 32.1. The van der Waals surface area contributed by atoms with Gasteiger partial charge in [-0.05, 0) is 43.2 Å². The fraction of sp³-hybridized carbons (Fsp3) is 0.179. The maximum atomic E-state index is 13.4. The third-order valence-electron chi connectivity index (χ3n) is 6.60. The van der Waals surface area contributed by atoms with E-state index in [0.717, 1.165) is 12.8 Å². The van der Waals surface area contributed by atoms with E-state index in [0.29, 0.717) is 57.0 Å². The maximum absolute atomic E-state index is 13.4. The van der Waals surface area contributed by atoms with Gasteiger partial charge in [0.25, 0.3) is 5.91 Å². The van der Waals surface area contributed by atoms with Crippen LogP contribution in [0.2, 0.25) is 0 Å². The lowest BCUT2D eigenvalue weighted by molar-refractivity contribution is -0.127. The number of aromatic nitrogens is 2. The number of piperidine rings is 1. The van der Waals surface area contributed by atoms with Crippen LogP contribution in [0.3, 0.4) is 0 Å². The number of hydrogen-bond acceptors (Lipinski definition) is 7. The Morgan fingerprint density at radius 2 is 2.00 bits per heavy atom. The van der Waals surface area contributed by atoms with Gasteiger partial charge in [-0.2, -0.15) is 4.98 Å². The Bertz CT molecular complexity index is 1600. The number of nitrogens with zero attached hydrogens (tertiary/aromatic N) is 4. The van der Waals surface area contributed by atoms with Crippen LogP contribution in [-0.2, 0) is 4.79 Å². The molecule has 1 atom stereocenters. The van der Waals surface area contributed by atoms with Crippen molar-refractivity contribution in [2.24, 2.45) is 0 Å². The number of carbonyl (C=O) groups is 3. The molecular formula is C28H24N6O4S. The standard InChI is InChI=1S/C28H24N6O4S/c1-2-22(35)33-15-7-8-17(16-33)30-26(36)25-24-23-19(13-14-29-27(23)39-25)34(28(37)32-24)20-11-6-12-21(31-20)38-18-9-4-3-5-10-18/h2-6,9-14,17H,1,7-8,15-16H2,(H,30,36)(H,32,37). The van der Waals surface area contributed by atoms with Crippen molar-refractivity contribution in [3.05, 3.63) is 78.3 Å². The van der Waals surface area contributed by atoms with Crippen LogP contribution in [0, 0.1) is 0 Å². The highest BCUT2D eigenvalue weighted by molar-refractivity contribution is 7.21. The van der Waals surface area contributed by atoms with Crippen molar-refractivity contribution >= 4 is 56.6 Å². The Hall–Kier alpha value is -4.77. The van der Waals surface area contributed by atoms with Gasteiger partial charge in [-0.25, -0.2) is 14.7 Å². The van der Waals surface area contributed by atoms with Gasteiger partial charge in [0.1, 0.15) is 21.3 Å². The summed E-state index contributed by atoms with van der Waals surface area (Å²) in [5, 5.41) is 6.58. The van der Waals surface area contributed by atoms with Gasteiger partial charge in [-0.15, -0.1) is 11.3 Å². The normalized spacial score (nSPS) is 16.5. The third kappa shape index (κ3) is 4.68. The predicted octanol–water partition coefficient (Wildman–Crippen LogP) is 5.07. The molecule has 0 saturated carbocycles. The van der Waals surface area contributed by atoms with Crippen LogP contribution in [0.25, 0.3) is 10.2 Å². The second-order valence-electron chi connectivity index (χ2n) is 9.13. The van der Waals surface area contributed by atoms with E-state index < -0.39 is 6.03 Å². The van der Waals surface area contributed by atoms with Gasteiger partial charge in [0, 0.05) is 31.4 Å². The molecule has 2 aliphatic heterocycles. The predicted molar refractivity (Wildman–Crippen MR) is 149 cm³/mol. The smallest absolute Gasteiger partial charge is 0.332 e. The summed E-state index contributed by atoms with van der Waals surface area (Å²) in [5.74, 6) is 0.859. The molecule has 2 aliphatic rings. The van der Waals surface area contributed by atoms with Crippen LogP contribution in [0.4, 0.5) is 22.0 Å². The fourth-order valence-electron chi connectivity index (χ4n) is 4.84. The number of carbonyl (C=O) groups excluding carboxylic acids is 3. The van der Waals surface area contributed by atoms with Gasteiger partial charge in [0.2, 0.25) is 11.8 Å². The average molecular weight is 541 g/mol. The number of benzene rings is 1. The first kappa shape index (κ1) is 24.6. The number of hydrogen-bond donors (Lipinski definition) is 2. The number of para-hydroxylation sites is 1. The van der Waals surface area contributed by atoms with Gasteiger partial charge < -0.3 is 20.3 Å². The number of rotatable bonds is 6. The topological polar surface area (TPSA) is 117 Å². The Morgan fingerprint density at radius 3 is 2.82 bits per heavy atom. The molecule has 1 aromatic carbocycles. The SMILES string of the molecule is C=CC(=O)N1CCCC(NC(=O)c2sc3nccc4c3c2NC(=O)N4c2cccc(Oc3ccccc3)n2)C1. The second-order valence-corrected chi connectivity index (χ2v) is 10.1. The molecule has 196 valence electrons. The molecule has 0 aliphatic carbocycles. The zero-order valence-corrected chi connectivity index (χ0v) is 21.6. The minimum absolute atomic E-state index is 0.154. The van der Waals surface area contributed by atoms with E-state index in [9.17, 15) is 14.4 Å². The molecule has 3 aromatic heterocycles. The molecule has 0 bridgehead atoms. The number of anilines is 3. The molecular weight excluding hydrogens is 516 g/mol. The van der Waals surface area contributed by atoms with Gasteiger partial charge in [-0.1, -0.05) is 30.8 Å². The Balaban J connectivity index is 1.30. The minimum Gasteiger partial charge on any atom is -0.439 e. The summed E-state index contributed by atoms with van der Waals surface area (Å²) in [6.07, 6.45) is 4.42. The molecule has 4 amide bonds. The Kier molecular flexibility index (Phi) is 6.41. The van der Waals surface area contributed by atoms with Crippen molar-refractivity contribution in [2.75, 3.05) is 23.3 Å². The van der Waals surface area contributed by atoms with Gasteiger partial charge in [0.05, 0.1) is 16.8 Å². The molecule has 1 saturated heterocycles. The van der Waals surface area contributed by atoms with Crippen molar-refractivity contribution in [1.29, 1.82) is 0 Å². The molecule has 5 heterocycles. The molecule has 0 radical (unpaired) electrons. The summed E-state index contributed by atoms with van der Waals surface area (Å²) < 4.78 is 5.86. The van der Waals surface area contributed by atoms with Crippen LogP contribution < -0.4 is 20.3 Å². The third-order valence-corrected chi connectivity index (χ3v) is 7.70. The first-order valence-corrected chi connectivity index (χ1v) is 13.3. The lowest BCUT2D eigenvalue weighted by atomic mass is 10.1. The summed E-state index contributed by atoms with van der Waals surface area (Å²) in [4.78, 5) is 52.0. The molecule has 6 rings (SSSR count). The van der Waals surface area contributed by atoms with E-state index in [1.165, 1.54) is 22.3 Å². The monoisotopic (exact) mass is 540 g/mol. The first-order chi connectivity index (χ1) is 19.0. The highest BCUT2D eigenvalue weighted by Crippen LogP contribution is 2.45. The number of urea groups is 1. The maximum Gasteiger partial charge on any atom is 0.332 e. The van der Waals surface area contributed by atoms with Crippen LogP contribution in [0.15, 0.2) is 73.4 Å². The number of ether oxygens (including phenoxy) is 1. The van der Waals surface area contributed by atoms with Crippen molar-refractivity contribution < 1.29 is 19.1 Å². The highest BCUT2D eigenvalue weighted by Gasteiger charge is 2.34. The minimum atomic E-state index is -0.452. The van der Waals surface area contributed by atoms with E-state index >= 15 is 0 Å². The number of nitrogens with one attached hydrogen (secondary N) is 2. The number of thiophene rings is 1. The molecule has 1 fully saturated rings. The van der Waals surface area contributed by atoms with Gasteiger partial charge in [0.15, 0.2) is 0 Å². The molecule has 2 N–H and O–H groups in total. The number of likely N-dealkylation sites (tertiary alicyclic amines) is 1. The zero-order valence-electron chi connectivity index (χ0n) is 20.8. The van der Waals surface area contributed by atoms with Gasteiger partial charge >= 0.3 is 6.03 Å². The number of amides is 4. The largest absolute Gasteiger partial charge is 0.439 e. The zero-order chi connectivity index (χ0) is 26.9. The van der Waals surface area contributed by atoms with Crippen LogP contribution >= 0.6 is 11.3 Å². The van der Waals surface area contributed by atoms with Crippen LogP contribution in [0.5, 0.6) is 11.6 Å². The summed E-state index contributed by atoms with van der Waals surface area (Å²) in [6.45, 7) is 4.60. The van der Waals surface area contributed by atoms with E-state index in [2.05, 4.69) is 27.2 Å². The lowest BCUT2D eigenvalue weighted by Crippen LogP contribution is -2.49. The lowest BCUT2D eigenvalue weighted by Gasteiger charge is -2.32. The van der Waals surface area contributed by atoms with E-state index in [1.807, 2.05) is 30.3 Å². The first-order valence-electron chi connectivity index (χ1n) is 12.5. The molecule has 11 heteroatoms. The molecule has 1 unspecified atom stereocenters. The summed E-state index contributed by atoms with van der Waals surface area (Å²) >= 11 is 1.21. The van der Waals surface area contributed by atoms with Crippen LogP contribution in [-0.4, -0.2) is 51.8 Å². The van der Waals surface area contributed by atoms with Crippen molar-refractivity contribution in [3.8, 4) is 11.6 Å². The molecule has 10 nitrogen and oxygen atoms in total. The molecule has 0 spiro atoms. The average Bonchev–Trinajstić information content (AvgIpc) is 3.33. The Labute approximate surface area is 227 Å². The van der Waals surface area contributed by atoms with E-state index in [1.54, 1.807) is 35.4 Å². The van der Waals surface area contributed by atoms with Crippen molar-refractivity contribution in [3.63, 3.8) is 0 Å². The second kappa shape index (κ2) is 10.2. The van der Waals surface area contributed by atoms with Crippen LogP contribution in [0.1, 0.15) is 22.5 Å². The van der Waals surface area contributed by atoms with E-state index in [4.69, 9.17) is 4.74 Å². The summed E-state index contributed by atoms with van der Waals surface area (Å²) in [5.41, 5.74) is 0.988. The van der Waals surface area contributed by atoms with Crippen molar-refractivity contribution in [2.45, 2.75) is 18.9 Å². The van der Waals surface area contributed by atoms with Gasteiger partial charge in [-0.3, -0.25) is 9.59 Å². The Morgan fingerprint density at radius 1 is 1.15 bits per heavy atom. The molecule has 4 aromatic rings. The fourth-order valence-corrected chi connectivity index (χ4v) is 5.86. The number of pyridine rings is 2. The van der Waals surface area contributed by atoms with Crippen molar-refractivity contribution in [1.82, 2.24) is 20.2 Å². The molecule has 39 heavy (non-hydrogen) atoms.